The summed E-state index contributed by atoms with van der Waals surface area (Å²) in [5.74, 6) is 4.48. The first-order valence-corrected chi connectivity index (χ1v) is 17.5. The minimum Gasteiger partial charge on any atom is -0.393 e. The second-order valence-electron chi connectivity index (χ2n) is 17.3. The van der Waals surface area contributed by atoms with Gasteiger partial charge in [-0.2, -0.15) is 0 Å². The van der Waals surface area contributed by atoms with Gasteiger partial charge in [-0.1, -0.05) is 44.9 Å². The van der Waals surface area contributed by atoms with Gasteiger partial charge in [0.25, 0.3) is 0 Å². The zero-order valence-electron chi connectivity index (χ0n) is 26.2. The van der Waals surface area contributed by atoms with Gasteiger partial charge in [0, 0.05) is 5.57 Å². The second kappa shape index (κ2) is 8.93. The molecule has 8 rings (SSSR count). The average molecular weight is 559 g/mol. The molecule has 0 saturated heterocycles. The molecule has 0 radical (unpaired) electrons. The third-order valence-electron chi connectivity index (χ3n) is 16.2. The molecule has 0 heterocycles. The number of ketones is 1. The van der Waals surface area contributed by atoms with E-state index < -0.39 is 0 Å². The Kier molecular flexibility index (Phi) is 5.96. The van der Waals surface area contributed by atoms with Gasteiger partial charge in [-0.25, -0.2) is 0 Å². The van der Waals surface area contributed by atoms with E-state index in [0.717, 1.165) is 55.9 Å². The van der Waals surface area contributed by atoms with E-state index in [4.69, 9.17) is 0 Å². The highest BCUT2D eigenvalue weighted by atomic mass is 16.3. The van der Waals surface area contributed by atoms with Crippen LogP contribution in [0.2, 0.25) is 0 Å². The third kappa shape index (κ3) is 3.54. The van der Waals surface area contributed by atoms with Gasteiger partial charge in [-0.15, -0.1) is 0 Å². The Labute approximate surface area is 248 Å². The molecule has 41 heavy (non-hydrogen) atoms. The quantitative estimate of drug-likeness (QED) is 0.295. The Hall–Kier alpha value is -1.19. The number of aliphatic hydroxyl groups is 2. The molecule has 3 nitrogen and oxygen atoms in total. The molecule has 224 valence electrons. The van der Waals surface area contributed by atoms with Gasteiger partial charge in [-0.3, -0.25) is 4.79 Å². The lowest BCUT2D eigenvalue weighted by molar-refractivity contribution is -0.113. The highest BCUT2D eigenvalue weighted by molar-refractivity contribution is 6.06. The molecule has 0 aromatic rings. The van der Waals surface area contributed by atoms with Crippen molar-refractivity contribution in [3.63, 3.8) is 0 Å². The van der Waals surface area contributed by atoms with Crippen molar-refractivity contribution < 1.29 is 15.0 Å². The van der Waals surface area contributed by atoms with Crippen LogP contribution < -0.4 is 0 Å². The van der Waals surface area contributed by atoms with Crippen LogP contribution in [-0.2, 0) is 4.79 Å². The van der Waals surface area contributed by atoms with Crippen LogP contribution in [0.4, 0.5) is 0 Å². The molecule has 0 aromatic heterocycles. The zero-order valence-corrected chi connectivity index (χ0v) is 26.2. The molecule has 6 fully saturated rings. The summed E-state index contributed by atoms with van der Waals surface area (Å²) >= 11 is 0. The Balaban J connectivity index is 1.10. The van der Waals surface area contributed by atoms with Crippen molar-refractivity contribution in [3.8, 4) is 0 Å². The number of hydrogen-bond donors (Lipinski definition) is 2. The highest BCUT2D eigenvalue weighted by Crippen LogP contribution is 2.68. The number of carbonyl (C=O) groups is 1. The number of fused-ring (bicyclic) bond motifs is 10. The fraction of sp³-hybridized carbons (Fsp3) is 0.816. The molecular weight excluding hydrogens is 504 g/mol. The summed E-state index contributed by atoms with van der Waals surface area (Å²) in [5.41, 5.74) is 6.19. The van der Waals surface area contributed by atoms with Gasteiger partial charge in [0.1, 0.15) is 0 Å². The molecular formula is C38H54O3. The monoisotopic (exact) mass is 558 g/mol. The Morgan fingerprint density at radius 1 is 0.610 bits per heavy atom. The minimum absolute atomic E-state index is 0.0993. The maximum absolute atomic E-state index is 13.8. The number of carbonyl (C=O) groups excluding carboxylic acids is 1. The molecule has 2 N–H and O–H groups in total. The fourth-order valence-electron chi connectivity index (χ4n) is 13.5. The van der Waals surface area contributed by atoms with Gasteiger partial charge in [0.2, 0.25) is 0 Å². The Bertz CT molecular complexity index is 1260. The van der Waals surface area contributed by atoms with Crippen molar-refractivity contribution >= 4 is 5.78 Å². The molecule has 0 aromatic carbocycles. The normalized spacial score (nSPS) is 56.0. The molecule has 0 bridgehead atoms. The average Bonchev–Trinajstić information content (AvgIpc) is 3.43. The summed E-state index contributed by atoms with van der Waals surface area (Å²) in [6.45, 7) is 9.83. The van der Waals surface area contributed by atoms with E-state index in [1.165, 1.54) is 68.9 Å². The topological polar surface area (TPSA) is 57.5 Å². The standard InChI is InChI=1S/C38H54O3/c1-35-16-13-22(19-23(35)5-7-25-28-9-11-33(40)36(28,2)17-14-30(25)35)27-21-38(4)24(20-32(27)39)6-8-26-29-10-12-34(41)37(29,3)18-15-31(26)38/h19-20,25-26,28-31,33-34,40-41H,5-18,21H2,1-4H3/b27-22+/t25-,26-,28-,29-,30-,31-,33-,34-,35-,36-,37-,38-/m0/s1. The van der Waals surface area contributed by atoms with Crippen molar-refractivity contribution in [2.45, 2.75) is 136 Å². The maximum Gasteiger partial charge on any atom is 0.182 e. The van der Waals surface area contributed by atoms with Crippen LogP contribution in [0.5, 0.6) is 0 Å². The van der Waals surface area contributed by atoms with Crippen LogP contribution in [0.25, 0.3) is 0 Å². The van der Waals surface area contributed by atoms with E-state index in [1.807, 2.05) is 0 Å². The molecule has 12 atom stereocenters. The van der Waals surface area contributed by atoms with Crippen molar-refractivity contribution in [3.05, 3.63) is 34.4 Å². The van der Waals surface area contributed by atoms with E-state index >= 15 is 0 Å². The van der Waals surface area contributed by atoms with Crippen LogP contribution in [0.15, 0.2) is 34.4 Å². The molecule has 8 aliphatic rings. The summed E-state index contributed by atoms with van der Waals surface area (Å²) in [6.07, 6.45) is 21.5. The number of rotatable bonds is 0. The fourth-order valence-corrected chi connectivity index (χ4v) is 13.5. The van der Waals surface area contributed by atoms with E-state index in [-0.39, 0.29) is 33.9 Å². The molecule has 6 saturated carbocycles. The van der Waals surface area contributed by atoms with E-state index in [1.54, 1.807) is 5.57 Å². The summed E-state index contributed by atoms with van der Waals surface area (Å²) in [4.78, 5) is 13.8. The number of hydrogen-bond acceptors (Lipinski definition) is 3. The predicted octanol–water partition coefficient (Wildman–Crippen LogP) is 8.11. The minimum atomic E-state index is -0.126. The van der Waals surface area contributed by atoms with Crippen molar-refractivity contribution in [2.24, 2.45) is 57.2 Å². The maximum atomic E-state index is 13.8. The van der Waals surface area contributed by atoms with E-state index in [2.05, 4.69) is 39.8 Å². The van der Waals surface area contributed by atoms with Crippen molar-refractivity contribution in [2.75, 3.05) is 0 Å². The van der Waals surface area contributed by atoms with Crippen LogP contribution in [-0.4, -0.2) is 28.2 Å². The molecule has 0 unspecified atom stereocenters. The zero-order chi connectivity index (χ0) is 28.5. The predicted molar refractivity (Wildman–Crippen MR) is 163 cm³/mol. The first kappa shape index (κ1) is 27.4. The van der Waals surface area contributed by atoms with Crippen LogP contribution in [0.3, 0.4) is 0 Å². The van der Waals surface area contributed by atoms with Crippen LogP contribution in [0, 0.1) is 57.2 Å². The molecule has 0 spiro atoms. The smallest absolute Gasteiger partial charge is 0.182 e. The molecule has 8 aliphatic carbocycles. The lowest BCUT2D eigenvalue weighted by Crippen LogP contribution is -2.51. The third-order valence-corrected chi connectivity index (χ3v) is 16.2. The lowest BCUT2D eigenvalue weighted by atomic mass is 9.46. The van der Waals surface area contributed by atoms with Gasteiger partial charge in [0.05, 0.1) is 12.2 Å². The lowest BCUT2D eigenvalue weighted by Gasteiger charge is -2.58. The largest absolute Gasteiger partial charge is 0.393 e. The van der Waals surface area contributed by atoms with Crippen molar-refractivity contribution in [1.82, 2.24) is 0 Å². The number of allylic oxidation sites excluding steroid dienone is 5. The first-order valence-electron chi connectivity index (χ1n) is 17.5. The van der Waals surface area contributed by atoms with E-state index in [0.29, 0.717) is 29.5 Å². The van der Waals surface area contributed by atoms with Gasteiger partial charge in [-0.05, 0) is 165 Å². The summed E-state index contributed by atoms with van der Waals surface area (Å²) in [5, 5.41) is 21.7. The number of aliphatic hydroxyl groups excluding tert-OH is 2. The van der Waals surface area contributed by atoms with Crippen LogP contribution in [0.1, 0.15) is 124 Å². The Morgan fingerprint density at radius 3 is 1.73 bits per heavy atom. The second-order valence-corrected chi connectivity index (χ2v) is 17.3. The summed E-state index contributed by atoms with van der Waals surface area (Å²) in [6, 6.07) is 0. The van der Waals surface area contributed by atoms with Gasteiger partial charge in [0.15, 0.2) is 5.78 Å². The highest BCUT2D eigenvalue weighted by Gasteiger charge is 2.61. The first-order chi connectivity index (χ1) is 19.5. The SMILES string of the molecule is C[C@]12CC[C@H]3[C@@H](CCC4=C/C(=C5\C[C@@]6(C)C(=CC5=O)CC[C@H]5[C@@H]7CC[C@H](O)[C@@]7(C)CC[C@@H]56)CC[C@@]43C)[C@@H]1CC[C@@H]2O. The Morgan fingerprint density at radius 2 is 1.15 bits per heavy atom. The van der Waals surface area contributed by atoms with E-state index in [9.17, 15) is 15.0 Å². The molecule has 0 aliphatic heterocycles. The van der Waals surface area contributed by atoms with Crippen LogP contribution >= 0.6 is 0 Å². The summed E-state index contributed by atoms with van der Waals surface area (Å²) < 4.78 is 0. The summed E-state index contributed by atoms with van der Waals surface area (Å²) in [7, 11) is 0. The molecule has 3 heteroatoms. The van der Waals surface area contributed by atoms with Gasteiger partial charge < -0.3 is 10.2 Å². The van der Waals surface area contributed by atoms with Gasteiger partial charge >= 0.3 is 0 Å². The van der Waals surface area contributed by atoms with Crippen molar-refractivity contribution in [1.29, 1.82) is 0 Å². The molecule has 0 amide bonds.